The molecule has 154 valence electrons. The van der Waals surface area contributed by atoms with E-state index in [2.05, 4.69) is 22.5 Å². The number of guanidine groups is 1. The Morgan fingerprint density at radius 1 is 1.14 bits per heavy atom. The van der Waals surface area contributed by atoms with Crippen molar-refractivity contribution >= 4 is 29.9 Å². The number of furan rings is 1. The van der Waals surface area contributed by atoms with Gasteiger partial charge < -0.3 is 20.2 Å². The molecule has 0 aliphatic carbocycles. The Hall–Kier alpha value is -1.58. The molecule has 2 heterocycles. The third kappa shape index (κ3) is 6.22. The smallest absolute Gasteiger partial charge is 0.191 e. The number of likely N-dealkylation sites (tertiary alicyclic amines) is 1. The van der Waals surface area contributed by atoms with Crippen molar-refractivity contribution in [3.05, 3.63) is 59.5 Å². The Morgan fingerprint density at radius 3 is 2.54 bits per heavy atom. The second-order valence-corrected chi connectivity index (χ2v) is 6.78. The Bertz CT molecular complexity index is 715. The van der Waals surface area contributed by atoms with Gasteiger partial charge in [-0.3, -0.25) is 4.90 Å². The quantitative estimate of drug-likeness (QED) is 0.296. The van der Waals surface area contributed by atoms with Crippen LogP contribution in [0.1, 0.15) is 42.7 Å². The van der Waals surface area contributed by atoms with E-state index in [1.807, 2.05) is 36.4 Å². The molecule has 1 saturated heterocycles. The van der Waals surface area contributed by atoms with Gasteiger partial charge in [0.2, 0.25) is 0 Å². The molecule has 0 amide bonds. The molecule has 1 aromatic heterocycles. The van der Waals surface area contributed by atoms with Crippen LogP contribution in [0.25, 0.3) is 0 Å². The zero-order chi connectivity index (χ0) is 18.9. The van der Waals surface area contributed by atoms with Gasteiger partial charge in [-0.05, 0) is 56.1 Å². The highest BCUT2D eigenvalue weighted by molar-refractivity contribution is 14.0. The summed E-state index contributed by atoms with van der Waals surface area (Å²) in [5, 5.41) is 16.3. The number of hydrogen-bond donors (Lipinski definition) is 3. The van der Waals surface area contributed by atoms with Crippen LogP contribution in [0.3, 0.4) is 0 Å². The lowest BCUT2D eigenvalue weighted by Gasteiger charge is -2.26. The molecule has 28 heavy (non-hydrogen) atoms. The lowest BCUT2D eigenvalue weighted by Crippen LogP contribution is -2.42. The van der Waals surface area contributed by atoms with Gasteiger partial charge in [0.25, 0.3) is 0 Å². The predicted octanol–water partition coefficient (Wildman–Crippen LogP) is 3.28. The minimum Gasteiger partial charge on any atom is -0.468 e. The van der Waals surface area contributed by atoms with Crippen LogP contribution in [0.15, 0.2) is 52.1 Å². The molecule has 0 spiro atoms. The van der Waals surface area contributed by atoms with Crippen molar-refractivity contribution in [2.45, 2.75) is 39.0 Å². The van der Waals surface area contributed by atoms with Crippen molar-refractivity contribution in [3.63, 3.8) is 0 Å². The van der Waals surface area contributed by atoms with E-state index in [0.29, 0.717) is 6.54 Å². The van der Waals surface area contributed by atoms with Crippen LogP contribution in [0.2, 0.25) is 0 Å². The average molecular weight is 498 g/mol. The first kappa shape index (κ1) is 22.7. The molecule has 0 bridgehead atoms. The normalized spacial score (nSPS) is 15.9. The summed E-state index contributed by atoms with van der Waals surface area (Å²) in [5.74, 6) is 1.77. The third-order valence-corrected chi connectivity index (χ3v) is 4.96. The van der Waals surface area contributed by atoms with E-state index in [9.17, 15) is 5.11 Å². The number of benzene rings is 1. The van der Waals surface area contributed by atoms with Crippen LogP contribution >= 0.6 is 24.0 Å². The number of hydrogen-bond acceptors (Lipinski definition) is 4. The van der Waals surface area contributed by atoms with E-state index in [0.717, 1.165) is 49.0 Å². The van der Waals surface area contributed by atoms with Gasteiger partial charge in [0.15, 0.2) is 5.96 Å². The minimum atomic E-state index is 0. The standard InChI is InChI=1S/C21H30N4O2.HI/c1-2-22-21(23-14-17-8-3-4-9-18(17)16-26)24-15-19(20-10-7-13-27-20)25-11-5-6-12-25;/h3-4,7-10,13,19,26H,2,5-6,11-12,14-16H2,1H3,(H2,22,23,24);1H. The topological polar surface area (TPSA) is 73.0 Å². The number of aliphatic imine (C=N–C) groups is 1. The maximum atomic E-state index is 9.49. The van der Waals surface area contributed by atoms with Crippen molar-refractivity contribution < 1.29 is 9.52 Å². The minimum absolute atomic E-state index is 0. The van der Waals surface area contributed by atoms with Gasteiger partial charge in [0.05, 0.1) is 25.5 Å². The van der Waals surface area contributed by atoms with Gasteiger partial charge in [-0.1, -0.05) is 24.3 Å². The fraction of sp³-hybridized carbons (Fsp3) is 0.476. The largest absolute Gasteiger partial charge is 0.468 e. The Labute approximate surface area is 184 Å². The van der Waals surface area contributed by atoms with Gasteiger partial charge in [-0.15, -0.1) is 24.0 Å². The maximum absolute atomic E-state index is 9.49. The Balaban J connectivity index is 0.00000280. The van der Waals surface area contributed by atoms with Crippen molar-refractivity contribution in [2.24, 2.45) is 4.99 Å². The summed E-state index contributed by atoms with van der Waals surface area (Å²) in [6.45, 7) is 6.36. The third-order valence-electron chi connectivity index (χ3n) is 4.96. The number of aliphatic hydroxyl groups is 1. The van der Waals surface area contributed by atoms with Gasteiger partial charge in [0, 0.05) is 13.1 Å². The van der Waals surface area contributed by atoms with Crippen molar-refractivity contribution in [2.75, 3.05) is 26.2 Å². The van der Waals surface area contributed by atoms with Crippen molar-refractivity contribution in [1.29, 1.82) is 0 Å². The van der Waals surface area contributed by atoms with Crippen LogP contribution in [-0.2, 0) is 13.2 Å². The summed E-state index contributed by atoms with van der Waals surface area (Å²) < 4.78 is 5.69. The summed E-state index contributed by atoms with van der Waals surface area (Å²) in [4.78, 5) is 7.18. The number of rotatable bonds is 8. The second-order valence-electron chi connectivity index (χ2n) is 6.78. The first-order valence-electron chi connectivity index (χ1n) is 9.79. The molecular weight excluding hydrogens is 467 g/mol. The van der Waals surface area contributed by atoms with E-state index >= 15 is 0 Å². The number of nitrogens with one attached hydrogen (secondary N) is 2. The molecule has 1 atom stereocenters. The van der Waals surface area contributed by atoms with Gasteiger partial charge >= 0.3 is 0 Å². The summed E-state index contributed by atoms with van der Waals surface area (Å²) in [5.41, 5.74) is 1.96. The lowest BCUT2D eigenvalue weighted by atomic mass is 10.1. The maximum Gasteiger partial charge on any atom is 0.191 e. The molecular formula is C21H31IN4O2. The summed E-state index contributed by atoms with van der Waals surface area (Å²) in [6, 6.07) is 12.1. The molecule has 7 heteroatoms. The van der Waals surface area contributed by atoms with E-state index in [4.69, 9.17) is 9.41 Å². The molecule has 1 unspecified atom stereocenters. The highest BCUT2D eigenvalue weighted by Crippen LogP contribution is 2.24. The van der Waals surface area contributed by atoms with E-state index < -0.39 is 0 Å². The van der Waals surface area contributed by atoms with Crippen LogP contribution in [-0.4, -0.2) is 42.1 Å². The van der Waals surface area contributed by atoms with Crippen LogP contribution < -0.4 is 10.6 Å². The summed E-state index contributed by atoms with van der Waals surface area (Å²) in [7, 11) is 0. The van der Waals surface area contributed by atoms with E-state index in [1.54, 1.807) is 6.26 Å². The molecule has 3 rings (SSSR count). The molecule has 0 saturated carbocycles. The van der Waals surface area contributed by atoms with Crippen LogP contribution in [0, 0.1) is 0 Å². The molecule has 0 radical (unpaired) electrons. The Morgan fingerprint density at radius 2 is 1.89 bits per heavy atom. The molecule has 2 aromatic rings. The second kappa shape index (κ2) is 12.1. The van der Waals surface area contributed by atoms with E-state index in [1.165, 1.54) is 12.8 Å². The fourth-order valence-electron chi connectivity index (χ4n) is 3.51. The predicted molar refractivity (Wildman–Crippen MR) is 123 cm³/mol. The van der Waals surface area contributed by atoms with Gasteiger partial charge in [-0.2, -0.15) is 0 Å². The highest BCUT2D eigenvalue weighted by atomic mass is 127. The SMILES string of the molecule is CCNC(=NCc1ccccc1CO)NCC(c1ccco1)N1CCCC1.I. The Kier molecular flexibility index (Phi) is 9.80. The van der Waals surface area contributed by atoms with E-state index in [-0.39, 0.29) is 36.6 Å². The number of aliphatic hydroxyl groups excluding tert-OH is 1. The number of nitrogens with zero attached hydrogens (tertiary/aromatic N) is 2. The number of halogens is 1. The first-order valence-corrected chi connectivity index (χ1v) is 9.79. The molecule has 1 aromatic carbocycles. The van der Waals surface area contributed by atoms with Crippen molar-refractivity contribution in [1.82, 2.24) is 15.5 Å². The summed E-state index contributed by atoms with van der Waals surface area (Å²) >= 11 is 0. The van der Waals surface area contributed by atoms with Crippen LogP contribution in [0.4, 0.5) is 0 Å². The van der Waals surface area contributed by atoms with Crippen LogP contribution in [0.5, 0.6) is 0 Å². The zero-order valence-corrected chi connectivity index (χ0v) is 18.8. The van der Waals surface area contributed by atoms with Crippen molar-refractivity contribution in [3.8, 4) is 0 Å². The summed E-state index contributed by atoms with van der Waals surface area (Å²) in [6.07, 6.45) is 4.22. The van der Waals surface area contributed by atoms with Gasteiger partial charge in [-0.25, -0.2) is 4.99 Å². The molecule has 3 N–H and O–H groups in total. The molecule has 1 aliphatic rings. The monoisotopic (exact) mass is 498 g/mol. The molecule has 1 fully saturated rings. The molecule has 6 nitrogen and oxygen atoms in total. The average Bonchev–Trinajstić information content (AvgIpc) is 3.41. The lowest BCUT2D eigenvalue weighted by molar-refractivity contribution is 0.215. The highest BCUT2D eigenvalue weighted by Gasteiger charge is 2.25. The zero-order valence-electron chi connectivity index (χ0n) is 16.4. The fourth-order valence-corrected chi connectivity index (χ4v) is 3.51. The first-order chi connectivity index (χ1) is 13.3. The molecule has 1 aliphatic heterocycles. The van der Waals surface area contributed by atoms with Gasteiger partial charge in [0.1, 0.15) is 5.76 Å².